The molecule has 0 heterocycles. The monoisotopic (exact) mass is 210 g/mol. The van der Waals surface area contributed by atoms with Gasteiger partial charge >= 0.3 is 0 Å². The molecule has 0 aliphatic heterocycles. The van der Waals surface area contributed by atoms with Crippen molar-refractivity contribution in [1.29, 1.82) is 0 Å². The molecule has 0 unspecified atom stereocenters. The first kappa shape index (κ1) is 12.9. The van der Waals surface area contributed by atoms with E-state index in [1.54, 1.807) is 7.05 Å². The van der Waals surface area contributed by atoms with Gasteiger partial charge in [0.15, 0.2) is 5.11 Å². The van der Waals surface area contributed by atoms with Gasteiger partial charge in [0.1, 0.15) is 0 Å². The molecule has 0 aliphatic rings. The summed E-state index contributed by atoms with van der Waals surface area (Å²) in [5, 5.41) is 6.58. The maximum Gasteiger partial charge on any atom is 0.170 e. The Kier molecular flexibility index (Phi) is 6.76. The highest BCUT2D eigenvalue weighted by molar-refractivity contribution is 7.80. The molecule has 0 radical (unpaired) electrons. The lowest BCUT2D eigenvalue weighted by Gasteiger charge is -2.08. The average molecular weight is 210 g/mol. The molecule has 0 saturated heterocycles. The lowest BCUT2D eigenvalue weighted by atomic mass is 10.2. The minimum Gasteiger partial charge on any atom is -0.366 e. The zero-order valence-electron chi connectivity index (χ0n) is 9.22. The van der Waals surface area contributed by atoms with E-state index in [1.807, 2.05) is 45.0 Å². The van der Waals surface area contributed by atoms with Gasteiger partial charge < -0.3 is 10.6 Å². The fourth-order valence-electron chi connectivity index (χ4n) is 0.898. The molecular weight excluding hydrogens is 192 g/mol. The average Bonchev–Trinajstić information content (AvgIpc) is 2.24. The van der Waals surface area contributed by atoms with Crippen LogP contribution in [0.15, 0.2) is 24.3 Å². The van der Waals surface area contributed by atoms with E-state index >= 15 is 0 Å². The van der Waals surface area contributed by atoms with Crippen molar-refractivity contribution in [1.82, 2.24) is 5.32 Å². The molecule has 2 nitrogen and oxygen atoms in total. The van der Waals surface area contributed by atoms with Crippen LogP contribution in [0.5, 0.6) is 0 Å². The number of hydrogen-bond acceptors (Lipinski definition) is 1. The van der Waals surface area contributed by atoms with Crippen molar-refractivity contribution >= 4 is 23.0 Å². The van der Waals surface area contributed by atoms with Gasteiger partial charge in [-0.3, -0.25) is 0 Å². The first-order chi connectivity index (χ1) is 6.74. The Balaban J connectivity index is 0.000000791. The molecular formula is C11H18N2S. The van der Waals surface area contributed by atoms with E-state index in [1.165, 1.54) is 5.56 Å². The first-order valence-electron chi connectivity index (χ1n) is 4.78. The number of nitrogens with one attached hydrogen (secondary N) is 2. The second kappa shape index (κ2) is 7.33. The molecule has 1 aromatic carbocycles. The number of anilines is 1. The van der Waals surface area contributed by atoms with Gasteiger partial charge in [-0.15, -0.1) is 0 Å². The molecule has 0 atom stereocenters. The maximum atomic E-state index is 4.97. The van der Waals surface area contributed by atoms with Gasteiger partial charge in [-0.25, -0.2) is 0 Å². The molecule has 0 amide bonds. The Bertz CT molecular complexity index is 284. The number of benzene rings is 1. The van der Waals surface area contributed by atoms with E-state index in [-0.39, 0.29) is 0 Å². The summed E-state index contributed by atoms with van der Waals surface area (Å²) in [7, 11) is 1.80. The molecule has 2 N–H and O–H groups in total. The molecule has 0 spiro atoms. The lowest BCUT2D eigenvalue weighted by Crippen LogP contribution is -2.24. The van der Waals surface area contributed by atoms with Crippen molar-refractivity contribution in [3.63, 3.8) is 0 Å². The number of hydrogen-bond donors (Lipinski definition) is 2. The molecule has 14 heavy (non-hydrogen) atoms. The lowest BCUT2D eigenvalue weighted by molar-refractivity contribution is 1.19. The topological polar surface area (TPSA) is 24.1 Å². The van der Waals surface area contributed by atoms with E-state index in [2.05, 4.69) is 10.6 Å². The summed E-state index contributed by atoms with van der Waals surface area (Å²) < 4.78 is 0. The summed E-state index contributed by atoms with van der Waals surface area (Å²) in [6, 6.07) is 8.02. The van der Waals surface area contributed by atoms with Gasteiger partial charge in [0.2, 0.25) is 0 Å². The zero-order valence-corrected chi connectivity index (χ0v) is 10.0. The van der Waals surface area contributed by atoms with Crippen LogP contribution in [0.25, 0.3) is 0 Å². The van der Waals surface area contributed by atoms with Gasteiger partial charge in [-0.05, 0) is 30.8 Å². The fraction of sp³-hybridized carbons (Fsp3) is 0.364. The number of thiocarbonyl (C=S) groups is 1. The van der Waals surface area contributed by atoms with Crippen LogP contribution in [0.3, 0.4) is 0 Å². The highest BCUT2D eigenvalue weighted by atomic mass is 32.1. The van der Waals surface area contributed by atoms with E-state index in [9.17, 15) is 0 Å². The standard InChI is InChI=1S/C9H12N2S.C2H6/c1-7-5-3-4-6-8(7)11-9(12)10-2;1-2/h3-6H,1-2H3,(H2,10,11,12);1-2H3. The molecule has 0 fully saturated rings. The molecule has 0 saturated carbocycles. The van der Waals surface area contributed by atoms with Gasteiger partial charge in [0, 0.05) is 12.7 Å². The van der Waals surface area contributed by atoms with Crippen molar-refractivity contribution < 1.29 is 0 Å². The van der Waals surface area contributed by atoms with Crippen LogP contribution >= 0.6 is 12.2 Å². The number of para-hydroxylation sites is 1. The minimum atomic E-state index is 0.643. The van der Waals surface area contributed by atoms with E-state index < -0.39 is 0 Å². The van der Waals surface area contributed by atoms with E-state index in [0.717, 1.165) is 5.69 Å². The summed E-state index contributed by atoms with van der Waals surface area (Å²) >= 11 is 4.97. The normalized spacial score (nSPS) is 8.29. The van der Waals surface area contributed by atoms with Crippen molar-refractivity contribution in [2.45, 2.75) is 20.8 Å². The third kappa shape index (κ3) is 4.23. The van der Waals surface area contributed by atoms with Gasteiger partial charge in [0.25, 0.3) is 0 Å². The van der Waals surface area contributed by atoms with Crippen molar-refractivity contribution in [3.05, 3.63) is 29.8 Å². The molecule has 0 bridgehead atoms. The minimum absolute atomic E-state index is 0.643. The second-order valence-electron chi connectivity index (χ2n) is 2.52. The van der Waals surface area contributed by atoms with Crippen molar-refractivity contribution in [3.8, 4) is 0 Å². The summed E-state index contributed by atoms with van der Waals surface area (Å²) in [6.45, 7) is 6.04. The summed E-state index contributed by atoms with van der Waals surface area (Å²) in [5.41, 5.74) is 2.24. The Labute approximate surface area is 91.7 Å². The molecule has 78 valence electrons. The van der Waals surface area contributed by atoms with Gasteiger partial charge in [0.05, 0.1) is 0 Å². The van der Waals surface area contributed by atoms with Crippen LogP contribution in [0, 0.1) is 6.92 Å². The Morgan fingerprint density at radius 2 is 1.79 bits per heavy atom. The predicted molar refractivity (Wildman–Crippen MR) is 67.8 cm³/mol. The second-order valence-corrected chi connectivity index (χ2v) is 2.93. The Morgan fingerprint density at radius 1 is 1.21 bits per heavy atom. The SMILES string of the molecule is CC.CNC(=S)Nc1ccccc1C. The van der Waals surface area contributed by atoms with Crippen LogP contribution in [-0.4, -0.2) is 12.2 Å². The zero-order chi connectivity index (χ0) is 11.0. The highest BCUT2D eigenvalue weighted by Gasteiger charge is 1.96. The Hall–Kier alpha value is -1.09. The van der Waals surface area contributed by atoms with Crippen LogP contribution in [0.4, 0.5) is 5.69 Å². The number of rotatable bonds is 1. The largest absolute Gasteiger partial charge is 0.366 e. The van der Waals surface area contributed by atoms with E-state index in [0.29, 0.717) is 5.11 Å². The molecule has 0 aliphatic carbocycles. The molecule has 0 aromatic heterocycles. The van der Waals surface area contributed by atoms with Crippen molar-refractivity contribution in [2.24, 2.45) is 0 Å². The Morgan fingerprint density at radius 3 is 2.29 bits per heavy atom. The number of aryl methyl sites for hydroxylation is 1. The maximum absolute atomic E-state index is 4.97. The molecule has 1 rings (SSSR count). The fourth-order valence-corrected chi connectivity index (χ4v) is 1.01. The summed E-state index contributed by atoms with van der Waals surface area (Å²) in [5.74, 6) is 0. The van der Waals surface area contributed by atoms with Crippen LogP contribution < -0.4 is 10.6 Å². The summed E-state index contributed by atoms with van der Waals surface area (Å²) in [6.07, 6.45) is 0. The third-order valence-corrected chi connectivity index (χ3v) is 1.93. The molecule has 3 heteroatoms. The highest BCUT2D eigenvalue weighted by Crippen LogP contribution is 2.12. The predicted octanol–water partition coefficient (Wildman–Crippen LogP) is 2.94. The molecule has 1 aromatic rings. The van der Waals surface area contributed by atoms with Gasteiger partial charge in [-0.2, -0.15) is 0 Å². The first-order valence-corrected chi connectivity index (χ1v) is 5.19. The van der Waals surface area contributed by atoms with Crippen molar-refractivity contribution in [2.75, 3.05) is 12.4 Å². The van der Waals surface area contributed by atoms with Gasteiger partial charge in [-0.1, -0.05) is 32.0 Å². The smallest absolute Gasteiger partial charge is 0.170 e. The van der Waals surface area contributed by atoms with Crippen LogP contribution in [-0.2, 0) is 0 Å². The van der Waals surface area contributed by atoms with Crippen LogP contribution in [0.1, 0.15) is 19.4 Å². The summed E-state index contributed by atoms with van der Waals surface area (Å²) in [4.78, 5) is 0. The van der Waals surface area contributed by atoms with E-state index in [4.69, 9.17) is 12.2 Å². The van der Waals surface area contributed by atoms with Crippen LogP contribution in [0.2, 0.25) is 0 Å². The quantitative estimate of drug-likeness (QED) is 0.697. The third-order valence-electron chi connectivity index (χ3n) is 1.62.